The van der Waals surface area contributed by atoms with Crippen molar-refractivity contribution in [1.82, 2.24) is 14.7 Å². The van der Waals surface area contributed by atoms with Crippen molar-refractivity contribution in [3.05, 3.63) is 59.2 Å². The van der Waals surface area contributed by atoms with Crippen LogP contribution in [0, 0.1) is 5.92 Å². The number of carbonyl (C=O) groups is 2. The van der Waals surface area contributed by atoms with Crippen molar-refractivity contribution >= 4 is 23.5 Å². The summed E-state index contributed by atoms with van der Waals surface area (Å²) >= 11 is 6.08. The van der Waals surface area contributed by atoms with Crippen LogP contribution in [-0.4, -0.2) is 60.5 Å². The molecule has 9 heteroatoms. The van der Waals surface area contributed by atoms with Crippen molar-refractivity contribution in [2.24, 2.45) is 5.92 Å². The number of aromatic nitrogens is 2. The summed E-state index contributed by atoms with van der Waals surface area (Å²) in [6.07, 6.45) is 1.14. The molecular formula is C26H28ClN3O5. The Morgan fingerprint density at radius 2 is 1.74 bits per heavy atom. The van der Waals surface area contributed by atoms with Crippen LogP contribution in [-0.2, 0) is 9.53 Å². The van der Waals surface area contributed by atoms with E-state index in [1.165, 1.54) is 0 Å². The Morgan fingerprint density at radius 1 is 1.03 bits per heavy atom. The van der Waals surface area contributed by atoms with Crippen LogP contribution < -0.4 is 9.47 Å². The summed E-state index contributed by atoms with van der Waals surface area (Å²) in [7, 11) is 3.17. The monoisotopic (exact) mass is 497 g/mol. The lowest BCUT2D eigenvalue weighted by atomic mass is 9.97. The van der Waals surface area contributed by atoms with E-state index in [9.17, 15) is 9.59 Å². The number of piperidine rings is 1. The predicted molar refractivity (Wildman–Crippen MR) is 132 cm³/mol. The number of ether oxygens (including phenoxy) is 3. The highest BCUT2D eigenvalue weighted by Gasteiger charge is 2.31. The van der Waals surface area contributed by atoms with Gasteiger partial charge < -0.3 is 19.1 Å². The Morgan fingerprint density at radius 3 is 2.37 bits per heavy atom. The van der Waals surface area contributed by atoms with E-state index in [4.69, 9.17) is 30.9 Å². The number of benzene rings is 2. The number of amides is 1. The largest absolute Gasteiger partial charge is 0.497 e. The van der Waals surface area contributed by atoms with Gasteiger partial charge in [-0.3, -0.25) is 9.59 Å². The fraction of sp³-hybridized carbons (Fsp3) is 0.346. The lowest BCUT2D eigenvalue weighted by molar-refractivity contribution is -0.149. The fourth-order valence-corrected chi connectivity index (χ4v) is 4.32. The molecule has 1 fully saturated rings. The van der Waals surface area contributed by atoms with E-state index in [0.717, 1.165) is 5.56 Å². The first-order chi connectivity index (χ1) is 16.9. The summed E-state index contributed by atoms with van der Waals surface area (Å²) < 4.78 is 17.6. The van der Waals surface area contributed by atoms with Crippen LogP contribution in [0.25, 0.3) is 16.9 Å². The van der Waals surface area contributed by atoms with Gasteiger partial charge in [-0.25, -0.2) is 4.68 Å². The average molecular weight is 498 g/mol. The molecule has 0 bridgehead atoms. The van der Waals surface area contributed by atoms with Crippen LogP contribution in [0.1, 0.15) is 30.3 Å². The van der Waals surface area contributed by atoms with E-state index < -0.39 is 0 Å². The molecule has 0 spiro atoms. The van der Waals surface area contributed by atoms with Gasteiger partial charge in [0.15, 0.2) is 0 Å². The molecule has 1 aromatic heterocycles. The van der Waals surface area contributed by atoms with Gasteiger partial charge in [0, 0.05) is 29.7 Å². The van der Waals surface area contributed by atoms with Gasteiger partial charge in [-0.05, 0) is 62.2 Å². The third-order valence-electron chi connectivity index (χ3n) is 6.09. The number of nitrogens with zero attached hydrogens (tertiary/aromatic N) is 3. The van der Waals surface area contributed by atoms with Crippen molar-refractivity contribution in [1.29, 1.82) is 0 Å². The summed E-state index contributed by atoms with van der Waals surface area (Å²) in [4.78, 5) is 27.5. The highest BCUT2D eigenvalue weighted by molar-refractivity contribution is 6.30. The van der Waals surface area contributed by atoms with Crippen LogP contribution >= 0.6 is 11.6 Å². The molecule has 1 amide bonds. The second-order valence-electron chi connectivity index (χ2n) is 8.19. The SMILES string of the molecule is CCOC(=O)C1CCN(C(=O)c2cc(-c3ccc(OC)cc3OC)nn2-c2ccc(Cl)cc2)CC1. The molecule has 1 aliphatic heterocycles. The van der Waals surface area contributed by atoms with Crippen LogP contribution in [0.15, 0.2) is 48.5 Å². The second kappa shape index (κ2) is 10.8. The molecule has 4 rings (SSSR count). The van der Waals surface area contributed by atoms with Crippen LogP contribution in [0.2, 0.25) is 5.02 Å². The summed E-state index contributed by atoms with van der Waals surface area (Å²) in [5.74, 6) is 0.704. The van der Waals surface area contributed by atoms with Crippen molar-refractivity contribution < 1.29 is 23.8 Å². The van der Waals surface area contributed by atoms with Crippen molar-refractivity contribution in [3.8, 4) is 28.4 Å². The van der Waals surface area contributed by atoms with Crippen LogP contribution in [0.3, 0.4) is 0 Å². The Kier molecular flexibility index (Phi) is 7.60. The van der Waals surface area contributed by atoms with E-state index in [2.05, 4.69) is 0 Å². The van der Waals surface area contributed by atoms with E-state index in [1.54, 1.807) is 55.0 Å². The lowest BCUT2D eigenvalue weighted by Crippen LogP contribution is -2.41. The summed E-state index contributed by atoms with van der Waals surface area (Å²) in [5, 5.41) is 5.35. The second-order valence-corrected chi connectivity index (χ2v) is 8.62. The molecule has 8 nitrogen and oxygen atoms in total. The molecule has 184 valence electrons. The number of likely N-dealkylation sites (tertiary alicyclic amines) is 1. The van der Waals surface area contributed by atoms with Crippen molar-refractivity contribution in [3.63, 3.8) is 0 Å². The van der Waals surface area contributed by atoms with Gasteiger partial charge in [-0.1, -0.05) is 11.6 Å². The first-order valence-corrected chi connectivity index (χ1v) is 11.9. The maximum atomic E-state index is 13.6. The summed E-state index contributed by atoms with van der Waals surface area (Å²) in [6, 6.07) is 14.3. The number of hydrogen-bond donors (Lipinski definition) is 0. The summed E-state index contributed by atoms with van der Waals surface area (Å²) in [5.41, 5.74) is 2.44. The zero-order valence-corrected chi connectivity index (χ0v) is 20.7. The van der Waals surface area contributed by atoms with Crippen molar-refractivity contribution in [2.75, 3.05) is 33.9 Å². The van der Waals surface area contributed by atoms with Gasteiger partial charge >= 0.3 is 5.97 Å². The molecular weight excluding hydrogens is 470 g/mol. The van der Waals surface area contributed by atoms with Gasteiger partial charge in [0.25, 0.3) is 5.91 Å². The topological polar surface area (TPSA) is 82.9 Å². The van der Waals surface area contributed by atoms with Crippen LogP contribution in [0.5, 0.6) is 11.5 Å². The predicted octanol–water partition coefficient (Wildman–Crippen LogP) is 4.63. The van der Waals surface area contributed by atoms with Gasteiger partial charge in [0.2, 0.25) is 0 Å². The van der Waals surface area contributed by atoms with E-state index in [-0.39, 0.29) is 17.8 Å². The minimum atomic E-state index is -0.195. The minimum Gasteiger partial charge on any atom is -0.497 e. The molecule has 0 radical (unpaired) electrons. The molecule has 0 N–H and O–H groups in total. The number of esters is 1. The Bertz CT molecular complexity index is 1200. The maximum Gasteiger partial charge on any atom is 0.309 e. The number of carbonyl (C=O) groups excluding carboxylic acids is 2. The molecule has 0 aliphatic carbocycles. The highest BCUT2D eigenvalue weighted by Crippen LogP contribution is 2.34. The lowest BCUT2D eigenvalue weighted by Gasteiger charge is -2.30. The third-order valence-corrected chi connectivity index (χ3v) is 6.34. The smallest absolute Gasteiger partial charge is 0.309 e. The van der Waals surface area contributed by atoms with Crippen molar-refractivity contribution in [2.45, 2.75) is 19.8 Å². The Hall–Kier alpha value is -3.52. The fourth-order valence-electron chi connectivity index (χ4n) is 4.19. The molecule has 1 aliphatic rings. The number of methoxy groups -OCH3 is 2. The summed E-state index contributed by atoms with van der Waals surface area (Å²) in [6.45, 7) is 3.09. The maximum absolute atomic E-state index is 13.6. The van der Waals surface area contributed by atoms with Crippen LogP contribution in [0.4, 0.5) is 0 Å². The number of rotatable bonds is 7. The molecule has 3 aromatic rings. The Labute approximate surface area is 209 Å². The zero-order chi connectivity index (χ0) is 24.9. The molecule has 2 aromatic carbocycles. The molecule has 0 unspecified atom stereocenters. The highest BCUT2D eigenvalue weighted by atomic mass is 35.5. The van der Waals surface area contributed by atoms with Gasteiger partial charge in [-0.2, -0.15) is 5.10 Å². The third kappa shape index (κ3) is 5.27. The molecule has 0 atom stereocenters. The van der Waals surface area contributed by atoms with Gasteiger partial charge in [0.1, 0.15) is 17.2 Å². The number of hydrogen-bond acceptors (Lipinski definition) is 6. The average Bonchev–Trinajstić information content (AvgIpc) is 3.33. The first-order valence-electron chi connectivity index (χ1n) is 11.5. The van der Waals surface area contributed by atoms with Gasteiger partial charge in [-0.15, -0.1) is 0 Å². The normalized spacial score (nSPS) is 14.0. The Balaban J connectivity index is 1.68. The van der Waals surface area contributed by atoms with E-state index >= 15 is 0 Å². The van der Waals surface area contributed by atoms with E-state index in [1.807, 2.05) is 24.3 Å². The first kappa shape index (κ1) is 24.6. The molecule has 1 saturated heterocycles. The van der Waals surface area contributed by atoms with Gasteiger partial charge in [0.05, 0.1) is 38.1 Å². The standard InChI is InChI=1S/C26H28ClN3O5/c1-4-35-26(32)17-11-13-29(14-12-17)25(31)23-16-22(21-10-9-20(33-2)15-24(21)34-3)28-30(23)19-7-5-18(27)6-8-19/h5-10,15-17H,4,11-14H2,1-3H3. The molecule has 35 heavy (non-hydrogen) atoms. The molecule has 0 saturated carbocycles. The number of halogens is 1. The quantitative estimate of drug-likeness (QED) is 0.443. The molecule has 2 heterocycles. The minimum absolute atomic E-state index is 0.159. The van der Waals surface area contributed by atoms with E-state index in [0.29, 0.717) is 66.1 Å². The zero-order valence-electron chi connectivity index (χ0n) is 20.0.